The Kier molecular flexibility index (Phi) is 34.5. The highest BCUT2D eigenvalue weighted by Crippen LogP contribution is 2.26. The molecule has 0 bridgehead atoms. The maximum atomic E-state index is 13.0. The lowest BCUT2D eigenvalue weighted by Gasteiger charge is -2.42. The number of aliphatic hydroxyl groups is 7. The zero-order chi connectivity index (χ0) is 46.6. The molecule has 2 aliphatic heterocycles. The standard InChI is InChI=1S/C50H88O14/c1-3-5-7-9-11-13-15-17-18-19-20-21-23-25-27-29-31-33-42(52)62-39(36-59-34-32-30-28-26-24-22-16-14-12-10-8-6-4-2)37-60-49-48(58)46(56)44(54)41(64-49)38-61-50-47(57)45(55)43(53)40(35-51)63-50/h5,7,11-14,17-18,39-41,43-51,53-58H,3-4,6,8-10,15-16,19-38H2,1-2H3/b7-5-,13-11-,14-12-,18-17-. The molecule has 2 heterocycles. The Morgan fingerprint density at radius 3 is 1.61 bits per heavy atom. The summed E-state index contributed by atoms with van der Waals surface area (Å²) in [5.74, 6) is -0.390. The molecule has 14 heteroatoms. The van der Waals surface area contributed by atoms with E-state index in [9.17, 15) is 40.5 Å². The fourth-order valence-electron chi connectivity index (χ4n) is 7.53. The van der Waals surface area contributed by atoms with E-state index in [4.69, 9.17) is 28.4 Å². The molecule has 2 rings (SSSR count). The van der Waals surface area contributed by atoms with Crippen molar-refractivity contribution in [1.29, 1.82) is 0 Å². The molecule has 0 radical (unpaired) electrons. The van der Waals surface area contributed by atoms with Crippen molar-refractivity contribution in [3.63, 3.8) is 0 Å². The summed E-state index contributed by atoms with van der Waals surface area (Å²) in [6.07, 6.45) is 26.0. The number of carbonyl (C=O) groups is 1. The number of aliphatic hydroxyl groups excluding tert-OH is 7. The molecule has 64 heavy (non-hydrogen) atoms. The first-order chi connectivity index (χ1) is 31.1. The zero-order valence-electron chi connectivity index (χ0n) is 39.3. The van der Waals surface area contributed by atoms with Gasteiger partial charge in [-0.2, -0.15) is 0 Å². The van der Waals surface area contributed by atoms with Crippen LogP contribution in [0.3, 0.4) is 0 Å². The van der Waals surface area contributed by atoms with Crippen molar-refractivity contribution in [2.45, 2.75) is 229 Å². The quantitative estimate of drug-likeness (QED) is 0.0193. The Morgan fingerprint density at radius 1 is 0.531 bits per heavy atom. The molecular weight excluding hydrogens is 825 g/mol. The van der Waals surface area contributed by atoms with Crippen LogP contribution in [-0.4, -0.2) is 142 Å². The van der Waals surface area contributed by atoms with E-state index in [1.807, 2.05) is 0 Å². The number of rotatable bonds is 38. The second-order valence-electron chi connectivity index (χ2n) is 17.3. The molecule has 0 aromatic carbocycles. The number of ether oxygens (including phenoxy) is 6. The van der Waals surface area contributed by atoms with E-state index in [2.05, 4.69) is 62.5 Å². The maximum absolute atomic E-state index is 13.0. The van der Waals surface area contributed by atoms with Crippen LogP contribution in [0.25, 0.3) is 0 Å². The molecule has 0 aromatic rings. The first kappa shape index (κ1) is 58.1. The van der Waals surface area contributed by atoms with Gasteiger partial charge in [0.1, 0.15) is 54.9 Å². The minimum atomic E-state index is -1.71. The van der Waals surface area contributed by atoms with E-state index in [0.717, 1.165) is 77.0 Å². The predicted octanol–water partition coefficient (Wildman–Crippen LogP) is 6.79. The van der Waals surface area contributed by atoms with Crippen LogP contribution in [0.4, 0.5) is 0 Å². The van der Waals surface area contributed by atoms with Crippen LogP contribution < -0.4 is 0 Å². The lowest BCUT2D eigenvalue weighted by molar-refractivity contribution is -0.332. The van der Waals surface area contributed by atoms with Gasteiger partial charge in [-0.1, -0.05) is 133 Å². The summed E-state index contributed by atoms with van der Waals surface area (Å²) >= 11 is 0. The van der Waals surface area contributed by atoms with Gasteiger partial charge in [-0.15, -0.1) is 0 Å². The molecule has 0 spiro atoms. The molecule has 11 unspecified atom stereocenters. The summed E-state index contributed by atoms with van der Waals surface area (Å²) in [4.78, 5) is 13.0. The van der Waals surface area contributed by atoms with Gasteiger partial charge in [0.15, 0.2) is 12.6 Å². The molecule has 2 saturated heterocycles. The largest absolute Gasteiger partial charge is 0.457 e. The highest BCUT2D eigenvalue weighted by Gasteiger charge is 2.47. The number of hydrogen-bond acceptors (Lipinski definition) is 14. The van der Waals surface area contributed by atoms with Crippen LogP contribution in [-0.2, 0) is 33.2 Å². The molecule has 0 amide bonds. The monoisotopic (exact) mass is 913 g/mol. The average Bonchev–Trinajstić information content (AvgIpc) is 3.29. The first-order valence-corrected chi connectivity index (χ1v) is 24.7. The predicted molar refractivity (Wildman–Crippen MR) is 247 cm³/mol. The van der Waals surface area contributed by atoms with Gasteiger partial charge in [-0.3, -0.25) is 4.79 Å². The Morgan fingerprint density at radius 2 is 1.02 bits per heavy atom. The van der Waals surface area contributed by atoms with E-state index in [-0.39, 0.29) is 19.6 Å². The fraction of sp³-hybridized carbons (Fsp3) is 0.820. The molecule has 372 valence electrons. The van der Waals surface area contributed by atoms with Crippen LogP contribution in [0.1, 0.15) is 162 Å². The van der Waals surface area contributed by atoms with Gasteiger partial charge in [0.25, 0.3) is 0 Å². The van der Waals surface area contributed by atoms with Crippen molar-refractivity contribution >= 4 is 5.97 Å². The van der Waals surface area contributed by atoms with E-state index < -0.39 is 86.7 Å². The second-order valence-corrected chi connectivity index (χ2v) is 17.3. The van der Waals surface area contributed by atoms with E-state index in [0.29, 0.717) is 13.0 Å². The molecule has 11 atom stereocenters. The summed E-state index contributed by atoms with van der Waals surface area (Å²) in [5, 5.41) is 72.0. The molecule has 2 fully saturated rings. The third-order valence-corrected chi connectivity index (χ3v) is 11.6. The number of allylic oxidation sites excluding steroid dienone is 8. The summed E-state index contributed by atoms with van der Waals surface area (Å²) in [6.45, 7) is 3.51. The number of unbranched alkanes of at least 4 members (excludes halogenated alkanes) is 16. The van der Waals surface area contributed by atoms with Gasteiger partial charge in [-0.25, -0.2) is 0 Å². The van der Waals surface area contributed by atoms with Gasteiger partial charge in [0.05, 0.1) is 26.4 Å². The van der Waals surface area contributed by atoms with Crippen molar-refractivity contribution in [1.82, 2.24) is 0 Å². The topological polar surface area (TPSA) is 214 Å². The summed E-state index contributed by atoms with van der Waals surface area (Å²) in [7, 11) is 0. The maximum Gasteiger partial charge on any atom is 0.306 e. The minimum Gasteiger partial charge on any atom is -0.457 e. The molecular formula is C50H88O14. The van der Waals surface area contributed by atoms with Crippen LogP contribution >= 0.6 is 0 Å². The Labute approximate surface area is 384 Å². The van der Waals surface area contributed by atoms with Crippen molar-refractivity contribution in [2.75, 3.05) is 33.0 Å². The number of carbonyl (C=O) groups excluding carboxylic acids is 1. The summed E-state index contributed by atoms with van der Waals surface area (Å²) in [5.41, 5.74) is 0. The number of hydrogen-bond donors (Lipinski definition) is 7. The molecule has 7 N–H and O–H groups in total. The summed E-state index contributed by atoms with van der Waals surface area (Å²) < 4.78 is 34.2. The van der Waals surface area contributed by atoms with Gasteiger partial charge in [-0.05, 0) is 70.6 Å². The Balaban J connectivity index is 1.79. The minimum absolute atomic E-state index is 0.0521. The van der Waals surface area contributed by atoms with Crippen molar-refractivity contribution in [3.8, 4) is 0 Å². The zero-order valence-corrected chi connectivity index (χ0v) is 39.3. The van der Waals surface area contributed by atoms with Crippen LogP contribution in [0.15, 0.2) is 48.6 Å². The first-order valence-electron chi connectivity index (χ1n) is 24.7. The van der Waals surface area contributed by atoms with Gasteiger partial charge in [0.2, 0.25) is 0 Å². The number of esters is 1. The lowest BCUT2D eigenvalue weighted by atomic mass is 9.98. The van der Waals surface area contributed by atoms with E-state index in [1.54, 1.807) is 0 Å². The molecule has 2 aliphatic rings. The van der Waals surface area contributed by atoms with Gasteiger partial charge < -0.3 is 64.2 Å². The Bertz CT molecular complexity index is 1240. The third kappa shape index (κ3) is 25.7. The third-order valence-electron chi connectivity index (χ3n) is 11.6. The molecule has 0 aromatic heterocycles. The van der Waals surface area contributed by atoms with Crippen LogP contribution in [0.5, 0.6) is 0 Å². The fourth-order valence-corrected chi connectivity index (χ4v) is 7.53. The van der Waals surface area contributed by atoms with Crippen molar-refractivity contribution in [2.24, 2.45) is 0 Å². The highest BCUT2D eigenvalue weighted by molar-refractivity contribution is 5.69. The average molecular weight is 913 g/mol. The van der Waals surface area contributed by atoms with Crippen molar-refractivity contribution < 1.29 is 69.0 Å². The van der Waals surface area contributed by atoms with E-state index in [1.165, 1.54) is 57.8 Å². The van der Waals surface area contributed by atoms with Gasteiger partial charge >= 0.3 is 5.97 Å². The Hall–Kier alpha value is -2.05. The molecule has 0 aliphatic carbocycles. The normalized spacial score (nSPS) is 27.1. The van der Waals surface area contributed by atoms with E-state index >= 15 is 0 Å². The van der Waals surface area contributed by atoms with Crippen molar-refractivity contribution in [3.05, 3.63) is 48.6 Å². The van der Waals surface area contributed by atoms with Crippen LogP contribution in [0.2, 0.25) is 0 Å². The van der Waals surface area contributed by atoms with Crippen LogP contribution in [0, 0.1) is 0 Å². The summed E-state index contributed by atoms with van der Waals surface area (Å²) in [6, 6.07) is 0. The highest BCUT2D eigenvalue weighted by atomic mass is 16.7. The smallest absolute Gasteiger partial charge is 0.306 e. The molecule has 0 saturated carbocycles. The molecule has 14 nitrogen and oxygen atoms in total. The van der Waals surface area contributed by atoms with Gasteiger partial charge in [0, 0.05) is 13.0 Å². The SMILES string of the molecule is CC/C=C\C/C=C\C/C=C\CCCCCCCCCC(=O)OC(COCCCCCCCC/C=C\CCCCC)COC1OC(COC2OC(CO)C(O)C(O)C2O)C(O)C(O)C1O. The second kappa shape index (κ2) is 38.0. The lowest BCUT2D eigenvalue weighted by Crippen LogP contribution is -2.61.